The summed E-state index contributed by atoms with van der Waals surface area (Å²) >= 11 is 0. The summed E-state index contributed by atoms with van der Waals surface area (Å²) in [4.78, 5) is 0. The van der Waals surface area contributed by atoms with Crippen LogP contribution in [-0.4, -0.2) is 19.7 Å². The SMILES string of the molecule is Cc1cc(C=CCNCC(C)C)cc(C)c1OC(F)F. The second-order valence-electron chi connectivity index (χ2n) is 5.32. The predicted octanol–water partition coefficient (Wildman–Crippen LogP) is 4.16. The van der Waals surface area contributed by atoms with Gasteiger partial charge < -0.3 is 10.1 Å². The van der Waals surface area contributed by atoms with Gasteiger partial charge in [-0.05, 0) is 55.1 Å². The van der Waals surface area contributed by atoms with E-state index in [1.165, 1.54) is 0 Å². The molecule has 2 nitrogen and oxygen atoms in total. The highest BCUT2D eigenvalue weighted by atomic mass is 19.3. The monoisotopic (exact) mass is 283 g/mol. The molecule has 0 saturated heterocycles. The number of hydrogen-bond donors (Lipinski definition) is 1. The van der Waals surface area contributed by atoms with E-state index in [4.69, 9.17) is 0 Å². The van der Waals surface area contributed by atoms with Crippen LogP contribution in [0.15, 0.2) is 18.2 Å². The third-order valence-electron chi connectivity index (χ3n) is 2.81. The van der Waals surface area contributed by atoms with E-state index in [9.17, 15) is 8.78 Å². The van der Waals surface area contributed by atoms with Crippen molar-refractivity contribution in [3.63, 3.8) is 0 Å². The number of nitrogens with one attached hydrogen (secondary N) is 1. The van der Waals surface area contributed by atoms with Crippen LogP contribution in [0, 0.1) is 19.8 Å². The summed E-state index contributed by atoms with van der Waals surface area (Å²) in [6.07, 6.45) is 4.02. The molecule has 0 aliphatic heterocycles. The lowest BCUT2D eigenvalue weighted by Gasteiger charge is -2.12. The molecule has 0 bridgehead atoms. The largest absolute Gasteiger partial charge is 0.434 e. The molecule has 0 amide bonds. The first-order chi connectivity index (χ1) is 9.40. The molecule has 0 unspecified atom stereocenters. The van der Waals surface area contributed by atoms with Crippen LogP contribution in [0.1, 0.15) is 30.5 Å². The van der Waals surface area contributed by atoms with Crippen molar-refractivity contribution < 1.29 is 13.5 Å². The van der Waals surface area contributed by atoms with Gasteiger partial charge in [-0.1, -0.05) is 26.0 Å². The zero-order valence-corrected chi connectivity index (χ0v) is 12.5. The van der Waals surface area contributed by atoms with Crippen LogP contribution in [0.4, 0.5) is 8.78 Å². The van der Waals surface area contributed by atoms with Gasteiger partial charge in [-0.15, -0.1) is 0 Å². The Kier molecular flexibility index (Phi) is 6.65. The van der Waals surface area contributed by atoms with Gasteiger partial charge in [0.2, 0.25) is 0 Å². The first kappa shape index (κ1) is 16.6. The number of hydrogen-bond acceptors (Lipinski definition) is 2. The molecule has 0 aliphatic carbocycles. The third-order valence-corrected chi connectivity index (χ3v) is 2.81. The third kappa shape index (κ3) is 5.70. The molecule has 1 N–H and O–H groups in total. The molecule has 0 heterocycles. The Labute approximate surface area is 119 Å². The van der Waals surface area contributed by atoms with Crippen LogP contribution in [0.25, 0.3) is 6.08 Å². The van der Waals surface area contributed by atoms with Crippen molar-refractivity contribution in [2.45, 2.75) is 34.3 Å². The number of halogens is 2. The zero-order valence-electron chi connectivity index (χ0n) is 12.5. The lowest BCUT2D eigenvalue weighted by Crippen LogP contribution is -2.19. The summed E-state index contributed by atoms with van der Waals surface area (Å²) in [5, 5.41) is 3.31. The van der Waals surface area contributed by atoms with Crippen LogP contribution >= 0.6 is 0 Å². The lowest BCUT2D eigenvalue weighted by molar-refractivity contribution is -0.0507. The molecule has 0 aliphatic rings. The van der Waals surface area contributed by atoms with E-state index < -0.39 is 6.61 Å². The van der Waals surface area contributed by atoms with Gasteiger partial charge in [0, 0.05) is 6.54 Å². The van der Waals surface area contributed by atoms with Crippen molar-refractivity contribution in [2.24, 2.45) is 5.92 Å². The maximum Gasteiger partial charge on any atom is 0.387 e. The van der Waals surface area contributed by atoms with Gasteiger partial charge in [-0.2, -0.15) is 8.78 Å². The van der Waals surface area contributed by atoms with E-state index in [1.807, 2.05) is 24.3 Å². The number of aryl methyl sites for hydroxylation is 2. The Bertz CT molecular complexity index is 433. The fourth-order valence-electron chi connectivity index (χ4n) is 2.01. The van der Waals surface area contributed by atoms with Gasteiger partial charge in [0.05, 0.1) is 0 Å². The van der Waals surface area contributed by atoms with Crippen LogP contribution in [0.2, 0.25) is 0 Å². The molecule has 1 rings (SSSR count). The maximum atomic E-state index is 12.3. The van der Waals surface area contributed by atoms with Gasteiger partial charge in [-0.3, -0.25) is 0 Å². The summed E-state index contributed by atoms with van der Waals surface area (Å²) in [5.41, 5.74) is 2.44. The Morgan fingerprint density at radius 1 is 1.20 bits per heavy atom. The van der Waals surface area contributed by atoms with E-state index >= 15 is 0 Å². The molecule has 0 spiro atoms. The highest BCUT2D eigenvalue weighted by molar-refractivity contribution is 5.56. The topological polar surface area (TPSA) is 21.3 Å². The average molecular weight is 283 g/mol. The van der Waals surface area contributed by atoms with Crippen LogP contribution in [0.3, 0.4) is 0 Å². The van der Waals surface area contributed by atoms with E-state index in [2.05, 4.69) is 23.9 Å². The molecular formula is C16H23F2NO. The van der Waals surface area contributed by atoms with E-state index in [1.54, 1.807) is 13.8 Å². The molecule has 0 saturated carbocycles. The minimum absolute atomic E-state index is 0.273. The van der Waals surface area contributed by atoms with Crippen LogP contribution in [-0.2, 0) is 0 Å². The smallest absolute Gasteiger partial charge is 0.387 e. The quantitative estimate of drug-likeness (QED) is 0.759. The fraction of sp³-hybridized carbons (Fsp3) is 0.500. The molecule has 0 fully saturated rings. The van der Waals surface area contributed by atoms with Crippen LogP contribution < -0.4 is 10.1 Å². The number of benzene rings is 1. The molecule has 1 aromatic rings. The highest BCUT2D eigenvalue weighted by Crippen LogP contribution is 2.26. The van der Waals surface area contributed by atoms with E-state index in [0.29, 0.717) is 5.92 Å². The Morgan fingerprint density at radius 3 is 2.30 bits per heavy atom. The molecule has 0 atom stereocenters. The standard InChI is InChI=1S/C16H23F2NO/c1-11(2)10-19-7-5-6-14-8-12(3)15(13(4)9-14)20-16(17)18/h5-6,8-9,11,16,19H,7,10H2,1-4H3. The zero-order chi connectivity index (χ0) is 15.1. The number of alkyl halides is 2. The van der Waals surface area contributed by atoms with Gasteiger partial charge >= 0.3 is 6.61 Å². The summed E-state index contributed by atoms with van der Waals surface area (Å²) in [6, 6.07) is 3.70. The Morgan fingerprint density at radius 2 is 1.80 bits per heavy atom. The Hall–Kier alpha value is -1.42. The van der Waals surface area contributed by atoms with Gasteiger partial charge in [0.25, 0.3) is 0 Å². The molecule has 20 heavy (non-hydrogen) atoms. The minimum Gasteiger partial charge on any atom is -0.434 e. The summed E-state index contributed by atoms with van der Waals surface area (Å²) < 4.78 is 29.1. The summed E-state index contributed by atoms with van der Waals surface area (Å²) in [5.74, 6) is 0.897. The van der Waals surface area contributed by atoms with Gasteiger partial charge in [-0.25, -0.2) is 0 Å². The van der Waals surface area contributed by atoms with Crippen molar-refractivity contribution in [1.82, 2.24) is 5.32 Å². The average Bonchev–Trinajstić information content (AvgIpc) is 2.33. The summed E-state index contributed by atoms with van der Waals surface area (Å²) in [7, 11) is 0. The first-order valence-electron chi connectivity index (χ1n) is 6.83. The molecule has 112 valence electrons. The molecule has 4 heteroatoms. The first-order valence-corrected chi connectivity index (χ1v) is 6.83. The molecule has 0 aromatic heterocycles. The van der Waals surface area contributed by atoms with Crippen LogP contribution in [0.5, 0.6) is 5.75 Å². The number of rotatable bonds is 7. The highest BCUT2D eigenvalue weighted by Gasteiger charge is 2.10. The van der Waals surface area contributed by atoms with E-state index in [-0.39, 0.29) is 5.75 Å². The predicted molar refractivity (Wildman–Crippen MR) is 79.3 cm³/mol. The Balaban J connectivity index is 2.66. The van der Waals surface area contributed by atoms with E-state index in [0.717, 1.165) is 29.8 Å². The lowest BCUT2D eigenvalue weighted by atomic mass is 10.1. The van der Waals surface area contributed by atoms with Crippen molar-refractivity contribution in [2.75, 3.05) is 13.1 Å². The van der Waals surface area contributed by atoms with Crippen molar-refractivity contribution in [1.29, 1.82) is 0 Å². The summed E-state index contributed by atoms with van der Waals surface area (Å²) in [6.45, 7) is 6.86. The fourth-order valence-corrected chi connectivity index (χ4v) is 2.01. The van der Waals surface area contributed by atoms with Crippen molar-refractivity contribution >= 4 is 6.08 Å². The second-order valence-corrected chi connectivity index (χ2v) is 5.32. The van der Waals surface area contributed by atoms with Crippen molar-refractivity contribution in [3.05, 3.63) is 34.9 Å². The number of ether oxygens (including phenoxy) is 1. The van der Waals surface area contributed by atoms with Crippen molar-refractivity contribution in [3.8, 4) is 5.75 Å². The maximum absolute atomic E-state index is 12.3. The minimum atomic E-state index is -2.78. The normalized spacial score (nSPS) is 11.8. The van der Waals surface area contributed by atoms with Gasteiger partial charge in [0.1, 0.15) is 5.75 Å². The van der Waals surface area contributed by atoms with Gasteiger partial charge in [0.15, 0.2) is 0 Å². The molecular weight excluding hydrogens is 260 g/mol. The second kappa shape index (κ2) is 8.00. The molecule has 1 aromatic carbocycles. The molecule has 0 radical (unpaired) electrons.